The maximum Gasteiger partial charge on any atom is 0.143 e. The molecule has 0 fully saturated rings. The second kappa shape index (κ2) is 13.0. The molecule has 0 bridgehead atoms. The Morgan fingerprint density at radius 3 is 1.77 bits per heavy atom. The number of hydrogen-bond donors (Lipinski definition) is 0. The Bertz CT molecular complexity index is 3150. The van der Waals surface area contributed by atoms with E-state index in [1.165, 1.54) is 61.0 Å². The Balaban J connectivity index is 1.18. The quantitative estimate of drug-likeness (QED) is 0.169. The maximum atomic E-state index is 6.93. The van der Waals surface area contributed by atoms with Crippen LogP contribution in [0.1, 0.15) is 25.0 Å². The first-order valence-corrected chi connectivity index (χ1v) is 19.8. The minimum absolute atomic E-state index is 0.143. The van der Waals surface area contributed by atoms with Crippen molar-refractivity contribution in [3.8, 4) is 44.5 Å². The van der Waals surface area contributed by atoms with Crippen LogP contribution in [0.4, 0.5) is 17.1 Å². The molecular weight excluding hydrogens is 691 g/mol. The average molecular weight is 730 g/mol. The summed E-state index contributed by atoms with van der Waals surface area (Å²) in [6.07, 6.45) is 0. The molecular formula is C55H39NO. The van der Waals surface area contributed by atoms with Crippen molar-refractivity contribution < 1.29 is 4.42 Å². The highest BCUT2D eigenvalue weighted by atomic mass is 16.3. The van der Waals surface area contributed by atoms with Gasteiger partial charge in [0.1, 0.15) is 11.2 Å². The lowest BCUT2D eigenvalue weighted by Gasteiger charge is -2.29. The van der Waals surface area contributed by atoms with E-state index in [0.717, 1.165) is 44.4 Å². The zero-order chi connectivity index (χ0) is 38.1. The fourth-order valence-electron chi connectivity index (χ4n) is 9.27. The van der Waals surface area contributed by atoms with E-state index in [9.17, 15) is 0 Å². The van der Waals surface area contributed by atoms with Crippen molar-refractivity contribution in [2.24, 2.45) is 0 Å². The van der Waals surface area contributed by atoms with Gasteiger partial charge in [0, 0.05) is 27.6 Å². The highest BCUT2D eigenvalue weighted by Crippen LogP contribution is 2.52. The Labute approximate surface area is 332 Å². The van der Waals surface area contributed by atoms with Gasteiger partial charge in [-0.3, -0.25) is 0 Å². The van der Waals surface area contributed by atoms with E-state index in [0.29, 0.717) is 0 Å². The summed E-state index contributed by atoms with van der Waals surface area (Å²) in [5.41, 5.74) is 17.3. The monoisotopic (exact) mass is 729 g/mol. The molecule has 0 spiro atoms. The van der Waals surface area contributed by atoms with Gasteiger partial charge < -0.3 is 9.32 Å². The molecule has 0 radical (unpaired) electrons. The Kier molecular flexibility index (Phi) is 7.55. The molecule has 0 saturated heterocycles. The minimum Gasteiger partial charge on any atom is -0.455 e. The number of nitrogens with zero attached hydrogens (tertiary/aromatic N) is 1. The number of anilines is 3. The van der Waals surface area contributed by atoms with Gasteiger partial charge in [0.2, 0.25) is 0 Å². The minimum atomic E-state index is -0.143. The number of benzene rings is 9. The van der Waals surface area contributed by atoms with Crippen LogP contribution in [0.5, 0.6) is 0 Å². The van der Waals surface area contributed by atoms with E-state index < -0.39 is 0 Å². The molecule has 0 unspecified atom stereocenters. The SMILES string of the molecule is CC1(C)c2ccccc2-c2ccc(N(c3cccc(-c4ccccc4)c3)c3cccc4oc5c6ccccc6c(-c6cccc(-c7ccccc7)c6)cc5c34)cc21. The summed E-state index contributed by atoms with van der Waals surface area (Å²) < 4.78 is 6.93. The van der Waals surface area contributed by atoms with Crippen molar-refractivity contribution >= 4 is 49.8 Å². The molecule has 0 N–H and O–H groups in total. The third kappa shape index (κ3) is 5.33. The van der Waals surface area contributed by atoms with Crippen LogP contribution in [0.2, 0.25) is 0 Å². The number of fused-ring (bicyclic) bond motifs is 8. The fourth-order valence-corrected chi connectivity index (χ4v) is 9.27. The second-order valence-corrected chi connectivity index (χ2v) is 15.7. The topological polar surface area (TPSA) is 16.4 Å². The molecule has 1 aromatic heterocycles. The maximum absolute atomic E-state index is 6.93. The normalized spacial score (nSPS) is 12.9. The molecule has 57 heavy (non-hydrogen) atoms. The second-order valence-electron chi connectivity index (χ2n) is 15.7. The Morgan fingerprint density at radius 2 is 0.982 bits per heavy atom. The zero-order valence-electron chi connectivity index (χ0n) is 31.9. The van der Waals surface area contributed by atoms with Gasteiger partial charge in [0.15, 0.2) is 0 Å². The van der Waals surface area contributed by atoms with Crippen LogP contribution in [0.15, 0.2) is 205 Å². The molecule has 2 nitrogen and oxygen atoms in total. The summed E-state index contributed by atoms with van der Waals surface area (Å²) in [7, 11) is 0. The highest BCUT2D eigenvalue weighted by Gasteiger charge is 2.36. The molecule has 270 valence electrons. The van der Waals surface area contributed by atoms with Gasteiger partial charge in [-0.25, -0.2) is 0 Å². The summed E-state index contributed by atoms with van der Waals surface area (Å²) in [5, 5.41) is 4.46. The summed E-state index contributed by atoms with van der Waals surface area (Å²) in [6.45, 7) is 4.71. The molecule has 0 atom stereocenters. The van der Waals surface area contributed by atoms with E-state index in [1.807, 2.05) is 0 Å². The van der Waals surface area contributed by atoms with Crippen LogP contribution in [0.3, 0.4) is 0 Å². The molecule has 9 aromatic carbocycles. The number of furan rings is 1. The van der Waals surface area contributed by atoms with Crippen LogP contribution in [0.25, 0.3) is 77.2 Å². The lowest BCUT2D eigenvalue weighted by molar-refractivity contribution is 0.660. The molecule has 2 heteroatoms. The Hall–Kier alpha value is -7.16. The van der Waals surface area contributed by atoms with E-state index in [1.54, 1.807) is 0 Å². The van der Waals surface area contributed by atoms with Gasteiger partial charge >= 0.3 is 0 Å². The molecule has 1 heterocycles. The van der Waals surface area contributed by atoms with Gasteiger partial charge in [0.05, 0.1) is 11.1 Å². The van der Waals surface area contributed by atoms with Gasteiger partial charge in [-0.2, -0.15) is 0 Å². The highest BCUT2D eigenvalue weighted by molar-refractivity contribution is 6.22. The molecule has 0 saturated carbocycles. The van der Waals surface area contributed by atoms with Crippen molar-refractivity contribution in [1.82, 2.24) is 0 Å². The van der Waals surface area contributed by atoms with Crippen LogP contribution >= 0.6 is 0 Å². The third-order valence-corrected chi connectivity index (χ3v) is 12.0. The van der Waals surface area contributed by atoms with Gasteiger partial charge in [-0.15, -0.1) is 0 Å². The van der Waals surface area contributed by atoms with Crippen molar-refractivity contribution in [2.45, 2.75) is 19.3 Å². The zero-order valence-corrected chi connectivity index (χ0v) is 31.9. The first-order valence-electron chi connectivity index (χ1n) is 19.8. The van der Waals surface area contributed by atoms with Crippen LogP contribution in [0, 0.1) is 0 Å². The van der Waals surface area contributed by atoms with Crippen LogP contribution < -0.4 is 4.90 Å². The standard InChI is InChI=1S/C55H39NO/c1-55(2)49-27-12-11-25-44(49)45-31-30-42(34-50(45)55)56(41-23-14-21-39(33-41)37-18-7-4-8-19-37)51-28-15-29-52-53(51)48-35-47(43-24-9-10-26-46(43)54(48)57-52)40-22-13-20-38(32-40)36-16-5-3-6-17-36/h3-35H,1-2H3. The predicted octanol–water partition coefficient (Wildman–Crippen LogP) is 15.5. The first kappa shape index (κ1) is 33.2. The number of hydrogen-bond acceptors (Lipinski definition) is 2. The van der Waals surface area contributed by atoms with Gasteiger partial charge in [-0.05, 0) is 110 Å². The summed E-state index contributed by atoms with van der Waals surface area (Å²) in [6, 6.07) is 72.6. The average Bonchev–Trinajstić information content (AvgIpc) is 3.77. The van der Waals surface area contributed by atoms with Crippen LogP contribution in [-0.4, -0.2) is 0 Å². The van der Waals surface area contributed by atoms with E-state index in [2.05, 4.69) is 219 Å². The largest absolute Gasteiger partial charge is 0.455 e. The van der Waals surface area contributed by atoms with Crippen molar-refractivity contribution in [3.05, 3.63) is 211 Å². The molecule has 1 aliphatic rings. The van der Waals surface area contributed by atoms with Crippen molar-refractivity contribution in [2.75, 3.05) is 4.90 Å². The summed E-state index contributed by atoms with van der Waals surface area (Å²) in [4.78, 5) is 2.44. The van der Waals surface area contributed by atoms with Crippen molar-refractivity contribution in [1.29, 1.82) is 0 Å². The lowest BCUT2D eigenvalue weighted by atomic mass is 9.82. The first-order chi connectivity index (χ1) is 28.0. The van der Waals surface area contributed by atoms with Gasteiger partial charge in [0.25, 0.3) is 0 Å². The molecule has 10 aromatic rings. The van der Waals surface area contributed by atoms with Crippen molar-refractivity contribution in [3.63, 3.8) is 0 Å². The molecule has 1 aliphatic carbocycles. The number of rotatable bonds is 6. The summed E-state index contributed by atoms with van der Waals surface area (Å²) >= 11 is 0. The fraction of sp³-hybridized carbons (Fsp3) is 0.0545. The van der Waals surface area contributed by atoms with E-state index in [4.69, 9.17) is 4.42 Å². The Morgan fingerprint density at radius 1 is 0.386 bits per heavy atom. The third-order valence-electron chi connectivity index (χ3n) is 12.0. The molecule has 0 amide bonds. The van der Waals surface area contributed by atoms with Gasteiger partial charge in [-0.1, -0.05) is 166 Å². The van der Waals surface area contributed by atoms with E-state index in [-0.39, 0.29) is 5.41 Å². The lowest BCUT2D eigenvalue weighted by Crippen LogP contribution is -2.16. The van der Waals surface area contributed by atoms with Crippen LogP contribution in [-0.2, 0) is 5.41 Å². The van der Waals surface area contributed by atoms with E-state index >= 15 is 0 Å². The summed E-state index contributed by atoms with van der Waals surface area (Å²) in [5.74, 6) is 0. The smallest absolute Gasteiger partial charge is 0.143 e. The predicted molar refractivity (Wildman–Crippen MR) is 240 cm³/mol. The molecule has 11 rings (SSSR count). The molecule has 0 aliphatic heterocycles.